The Balaban J connectivity index is 2.32. The van der Waals surface area contributed by atoms with Gasteiger partial charge in [-0.15, -0.1) is 0 Å². The normalized spacial score (nSPS) is 10.2. The molecule has 5 nitrogen and oxygen atoms in total. The Labute approximate surface area is 140 Å². The van der Waals surface area contributed by atoms with Gasteiger partial charge in [0.25, 0.3) is 0 Å². The minimum atomic E-state index is -0.211. The lowest BCUT2D eigenvalue weighted by molar-refractivity contribution is 0.104. The molecule has 0 aliphatic heterocycles. The summed E-state index contributed by atoms with van der Waals surface area (Å²) in [5.41, 5.74) is 1.73. The van der Waals surface area contributed by atoms with Crippen molar-refractivity contribution in [3.05, 3.63) is 59.2 Å². The predicted octanol–water partition coefficient (Wildman–Crippen LogP) is 3.48. The molecule has 0 bridgehead atoms. The van der Waals surface area contributed by atoms with Crippen LogP contribution in [0.5, 0.6) is 17.2 Å². The zero-order valence-electron chi connectivity index (χ0n) is 13.7. The van der Waals surface area contributed by atoms with E-state index in [9.17, 15) is 4.79 Å². The van der Waals surface area contributed by atoms with Crippen molar-refractivity contribution in [2.75, 3.05) is 21.3 Å². The molecule has 0 saturated heterocycles. The Morgan fingerprint density at radius 2 is 1.71 bits per heavy atom. The summed E-state index contributed by atoms with van der Waals surface area (Å²) in [4.78, 5) is 12.4. The van der Waals surface area contributed by atoms with Gasteiger partial charge in [-0.25, -0.2) is 0 Å². The van der Waals surface area contributed by atoms with E-state index in [1.807, 2.05) is 6.07 Å². The van der Waals surface area contributed by atoms with Gasteiger partial charge in [-0.2, -0.15) is 5.26 Å². The van der Waals surface area contributed by atoms with E-state index in [4.69, 9.17) is 19.5 Å². The molecular formula is C19H17NO4. The topological polar surface area (TPSA) is 68.6 Å². The van der Waals surface area contributed by atoms with Crippen molar-refractivity contribution in [1.82, 2.24) is 0 Å². The van der Waals surface area contributed by atoms with Gasteiger partial charge in [-0.3, -0.25) is 4.79 Å². The Kier molecular flexibility index (Phi) is 5.58. The highest BCUT2D eigenvalue weighted by Crippen LogP contribution is 2.38. The van der Waals surface area contributed by atoms with Crippen LogP contribution in [0.1, 0.15) is 21.5 Å². The zero-order chi connectivity index (χ0) is 17.5. The van der Waals surface area contributed by atoms with E-state index < -0.39 is 0 Å². The van der Waals surface area contributed by atoms with Gasteiger partial charge < -0.3 is 14.2 Å². The van der Waals surface area contributed by atoms with Crippen LogP contribution >= 0.6 is 0 Å². The van der Waals surface area contributed by atoms with Crippen molar-refractivity contribution >= 4 is 11.9 Å². The second-order valence-corrected chi connectivity index (χ2v) is 4.85. The van der Waals surface area contributed by atoms with Gasteiger partial charge >= 0.3 is 0 Å². The number of hydrogen-bond donors (Lipinski definition) is 0. The van der Waals surface area contributed by atoms with Crippen LogP contribution in [0, 0.1) is 11.3 Å². The number of ether oxygens (including phenoxy) is 3. The standard InChI is InChI=1S/C19H17NO4/c1-22-17-10-15(11-18(23-2)19(17)24-3)16(21)8-7-13-5-4-6-14(9-13)12-20/h4-11H,1-3H3/b8-7-. The molecule has 0 N–H and O–H groups in total. The molecule has 24 heavy (non-hydrogen) atoms. The van der Waals surface area contributed by atoms with Crippen LogP contribution in [0.25, 0.3) is 6.08 Å². The predicted molar refractivity (Wildman–Crippen MR) is 90.6 cm³/mol. The third-order valence-electron chi connectivity index (χ3n) is 3.39. The average molecular weight is 323 g/mol. The van der Waals surface area contributed by atoms with Gasteiger partial charge in [-0.1, -0.05) is 18.2 Å². The number of allylic oxidation sites excluding steroid dienone is 1. The second kappa shape index (κ2) is 7.84. The second-order valence-electron chi connectivity index (χ2n) is 4.85. The molecule has 0 spiro atoms. The van der Waals surface area contributed by atoms with E-state index in [-0.39, 0.29) is 5.78 Å². The molecule has 0 atom stereocenters. The molecule has 0 radical (unpaired) electrons. The summed E-state index contributed by atoms with van der Waals surface area (Å²) in [6.45, 7) is 0. The van der Waals surface area contributed by atoms with Crippen molar-refractivity contribution in [3.63, 3.8) is 0 Å². The largest absolute Gasteiger partial charge is 0.493 e. The van der Waals surface area contributed by atoms with Gasteiger partial charge in [0.05, 0.1) is 33.0 Å². The lowest BCUT2D eigenvalue weighted by atomic mass is 10.1. The molecule has 0 aromatic heterocycles. The third-order valence-corrected chi connectivity index (χ3v) is 3.39. The number of nitrogens with zero attached hydrogens (tertiary/aromatic N) is 1. The molecule has 2 aromatic carbocycles. The maximum Gasteiger partial charge on any atom is 0.203 e. The van der Waals surface area contributed by atoms with Crippen molar-refractivity contribution in [3.8, 4) is 23.3 Å². The third kappa shape index (κ3) is 3.73. The summed E-state index contributed by atoms with van der Waals surface area (Å²) in [5, 5.41) is 8.90. The monoisotopic (exact) mass is 323 g/mol. The quantitative estimate of drug-likeness (QED) is 0.601. The highest BCUT2D eigenvalue weighted by atomic mass is 16.5. The van der Waals surface area contributed by atoms with Crippen LogP contribution in [-0.2, 0) is 0 Å². The molecule has 5 heteroatoms. The molecule has 0 fully saturated rings. The molecule has 122 valence electrons. The summed E-state index contributed by atoms with van der Waals surface area (Å²) in [6.07, 6.45) is 3.10. The Morgan fingerprint density at radius 3 is 2.25 bits per heavy atom. The van der Waals surface area contributed by atoms with Crippen LogP contribution in [0.15, 0.2) is 42.5 Å². The lowest BCUT2D eigenvalue weighted by Crippen LogP contribution is -2.00. The zero-order valence-corrected chi connectivity index (χ0v) is 13.7. The fourth-order valence-corrected chi connectivity index (χ4v) is 2.20. The van der Waals surface area contributed by atoms with Crippen LogP contribution < -0.4 is 14.2 Å². The van der Waals surface area contributed by atoms with Gasteiger partial charge in [-0.05, 0) is 35.9 Å². The van der Waals surface area contributed by atoms with E-state index in [0.717, 1.165) is 5.56 Å². The van der Waals surface area contributed by atoms with Crippen LogP contribution in [0.4, 0.5) is 0 Å². The van der Waals surface area contributed by atoms with Crippen LogP contribution in [0.3, 0.4) is 0 Å². The Morgan fingerprint density at radius 1 is 1.04 bits per heavy atom. The van der Waals surface area contributed by atoms with Gasteiger partial charge in [0.1, 0.15) is 0 Å². The number of methoxy groups -OCH3 is 3. The van der Waals surface area contributed by atoms with Crippen LogP contribution in [0.2, 0.25) is 0 Å². The number of benzene rings is 2. The molecule has 0 amide bonds. The number of rotatable bonds is 6. The first kappa shape index (κ1) is 17.1. The van der Waals surface area contributed by atoms with E-state index in [1.165, 1.54) is 27.4 Å². The van der Waals surface area contributed by atoms with Gasteiger partial charge in [0.2, 0.25) is 5.75 Å². The fourth-order valence-electron chi connectivity index (χ4n) is 2.20. The Bertz CT molecular complexity index is 793. The van der Waals surface area contributed by atoms with Crippen LogP contribution in [-0.4, -0.2) is 27.1 Å². The SMILES string of the molecule is COc1cc(C(=O)/C=C\c2cccc(C#N)c2)cc(OC)c1OC. The maximum absolute atomic E-state index is 12.4. The number of carbonyl (C=O) groups is 1. The molecule has 0 aliphatic carbocycles. The van der Waals surface area contributed by atoms with E-state index in [1.54, 1.807) is 36.4 Å². The number of nitriles is 1. The van der Waals surface area contributed by atoms with Gasteiger partial charge in [0.15, 0.2) is 17.3 Å². The number of hydrogen-bond acceptors (Lipinski definition) is 5. The lowest BCUT2D eigenvalue weighted by Gasteiger charge is -2.13. The summed E-state index contributed by atoms with van der Waals surface area (Å²) in [6, 6.07) is 12.3. The minimum Gasteiger partial charge on any atom is -0.493 e. The summed E-state index contributed by atoms with van der Waals surface area (Å²) < 4.78 is 15.7. The highest BCUT2D eigenvalue weighted by molar-refractivity contribution is 6.07. The smallest absolute Gasteiger partial charge is 0.203 e. The Hall–Kier alpha value is -3.26. The first-order valence-corrected chi connectivity index (χ1v) is 7.15. The summed E-state index contributed by atoms with van der Waals surface area (Å²) in [5.74, 6) is 1.05. The summed E-state index contributed by atoms with van der Waals surface area (Å²) >= 11 is 0. The fraction of sp³-hybridized carbons (Fsp3) is 0.158. The first-order valence-electron chi connectivity index (χ1n) is 7.15. The molecule has 2 rings (SSSR count). The minimum absolute atomic E-state index is 0.211. The molecular weight excluding hydrogens is 306 g/mol. The van der Waals surface area contributed by atoms with Crippen molar-refractivity contribution in [2.45, 2.75) is 0 Å². The summed E-state index contributed by atoms with van der Waals surface area (Å²) in [7, 11) is 4.49. The molecule has 0 saturated carbocycles. The highest BCUT2D eigenvalue weighted by Gasteiger charge is 2.15. The molecule has 2 aromatic rings. The van der Waals surface area contributed by atoms with Gasteiger partial charge in [0, 0.05) is 5.56 Å². The molecule has 0 unspecified atom stereocenters. The van der Waals surface area contributed by atoms with Crippen molar-refractivity contribution in [1.29, 1.82) is 5.26 Å². The van der Waals surface area contributed by atoms with Crippen molar-refractivity contribution < 1.29 is 19.0 Å². The van der Waals surface area contributed by atoms with E-state index in [2.05, 4.69) is 6.07 Å². The van der Waals surface area contributed by atoms with E-state index in [0.29, 0.717) is 28.4 Å². The molecule has 0 aliphatic rings. The molecule has 0 heterocycles. The number of ketones is 1. The first-order chi connectivity index (χ1) is 11.6. The average Bonchev–Trinajstić information content (AvgIpc) is 2.64. The number of carbonyl (C=O) groups excluding carboxylic acids is 1. The van der Waals surface area contributed by atoms with Crippen molar-refractivity contribution in [2.24, 2.45) is 0 Å². The maximum atomic E-state index is 12.4. The van der Waals surface area contributed by atoms with E-state index >= 15 is 0 Å².